The van der Waals surface area contributed by atoms with Crippen molar-refractivity contribution in [3.8, 4) is 0 Å². The molecule has 2 saturated carbocycles. The van der Waals surface area contributed by atoms with Gasteiger partial charge >= 0.3 is 5.97 Å². The zero-order valence-corrected chi connectivity index (χ0v) is 13.2. The maximum atomic E-state index is 12.2. The molecule has 0 aliphatic heterocycles. The van der Waals surface area contributed by atoms with Gasteiger partial charge in [-0.1, -0.05) is 58.3 Å². The number of hydrogen-bond acceptors (Lipinski definition) is 2. The van der Waals surface area contributed by atoms with E-state index in [4.69, 9.17) is 4.74 Å². The first-order valence-electron chi connectivity index (χ1n) is 8.98. The molecule has 20 heavy (non-hydrogen) atoms. The number of hydrogen-bond donors (Lipinski definition) is 0. The van der Waals surface area contributed by atoms with Crippen molar-refractivity contribution in [1.29, 1.82) is 0 Å². The normalized spacial score (nSPS) is 27.6. The van der Waals surface area contributed by atoms with Crippen LogP contribution in [0.15, 0.2) is 0 Å². The summed E-state index contributed by atoms with van der Waals surface area (Å²) in [5.41, 5.74) is 0. The third kappa shape index (κ3) is 4.79. The van der Waals surface area contributed by atoms with Crippen molar-refractivity contribution in [1.82, 2.24) is 0 Å². The minimum absolute atomic E-state index is 0.101. The lowest BCUT2D eigenvalue weighted by Gasteiger charge is -2.24. The minimum atomic E-state index is 0.101. The van der Waals surface area contributed by atoms with E-state index in [0.29, 0.717) is 12.5 Å². The Balaban J connectivity index is 1.70. The van der Waals surface area contributed by atoms with Gasteiger partial charge in [0, 0.05) is 0 Å². The molecule has 116 valence electrons. The second-order valence-corrected chi connectivity index (χ2v) is 6.90. The highest BCUT2D eigenvalue weighted by Crippen LogP contribution is 2.38. The summed E-state index contributed by atoms with van der Waals surface area (Å²) in [5.74, 6) is 1.88. The van der Waals surface area contributed by atoms with Crippen molar-refractivity contribution in [2.24, 2.45) is 17.8 Å². The minimum Gasteiger partial charge on any atom is -0.465 e. The van der Waals surface area contributed by atoms with Gasteiger partial charge in [0.05, 0.1) is 12.5 Å². The van der Waals surface area contributed by atoms with Crippen LogP contribution in [0.25, 0.3) is 0 Å². The van der Waals surface area contributed by atoms with Crippen LogP contribution in [0.4, 0.5) is 0 Å². The van der Waals surface area contributed by atoms with Gasteiger partial charge in [-0.25, -0.2) is 0 Å². The van der Waals surface area contributed by atoms with E-state index in [9.17, 15) is 4.79 Å². The highest BCUT2D eigenvalue weighted by atomic mass is 16.5. The van der Waals surface area contributed by atoms with E-state index >= 15 is 0 Å². The second-order valence-electron chi connectivity index (χ2n) is 6.90. The standard InChI is InChI=1S/C18H32O2/c1-2-3-14-20-18(19)17-11-7-10-16(17)13-12-15-8-5-4-6-9-15/h15-17H,2-14H2,1H3/t16-,17-/m1/s1. The van der Waals surface area contributed by atoms with E-state index in [1.807, 2.05) is 0 Å². The Hall–Kier alpha value is -0.530. The molecule has 0 saturated heterocycles. The molecule has 2 fully saturated rings. The van der Waals surface area contributed by atoms with Crippen LogP contribution in [0.5, 0.6) is 0 Å². The first kappa shape index (κ1) is 15.9. The number of carbonyl (C=O) groups excluding carboxylic acids is 1. The lowest BCUT2D eigenvalue weighted by molar-refractivity contribution is -0.150. The molecule has 0 amide bonds. The van der Waals surface area contributed by atoms with Crippen molar-refractivity contribution in [2.75, 3.05) is 6.61 Å². The predicted molar refractivity (Wildman–Crippen MR) is 82.5 cm³/mol. The average Bonchev–Trinajstić information content (AvgIpc) is 2.95. The number of rotatable bonds is 7. The first-order chi connectivity index (χ1) is 9.81. The molecule has 0 heterocycles. The number of esters is 1. The summed E-state index contributed by atoms with van der Waals surface area (Å²) in [6, 6.07) is 0. The maximum absolute atomic E-state index is 12.2. The van der Waals surface area contributed by atoms with E-state index in [-0.39, 0.29) is 11.9 Å². The molecule has 0 spiro atoms. The van der Waals surface area contributed by atoms with Crippen LogP contribution in [0.3, 0.4) is 0 Å². The first-order valence-corrected chi connectivity index (χ1v) is 8.98. The van der Waals surface area contributed by atoms with Crippen molar-refractivity contribution >= 4 is 5.97 Å². The van der Waals surface area contributed by atoms with Crippen molar-refractivity contribution in [2.45, 2.75) is 84.0 Å². The Morgan fingerprint density at radius 3 is 2.55 bits per heavy atom. The predicted octanol–water partition coefficient (Wildman–Crippen LogP) is 5.11. The van der Waals surface area contributed by atoms with Gasteiger partial charge in [0.25, 0.3) is 0 Å². The van der Waals surface area contributed by atoms with E-state index in [2.05, 4.69) is 6.92 Å². The molecule has 2 rings (SSSR count). The van der Waals surface area contributed by atoms with Crippen molar-refractivity contribution < 1.29 is 9.53 Å². The molecule has 0 aromatic carbocycles. The second kappa shape index (κ2) is 8.69. The van der Waals surface area contributed by atoms with Gasteiger partial charge in [0.2, 0.25) is 0 Å². The number of carbonyl (C=O) groups is 1. The summed E-state index contributed by atoms with van der Waals surface area (Å²) < 4.78 is 5.45. The van der Waals surface area contributed by atoms with Gasteiger partial charge in [0.15, 0.2) is 0 Å². The zero-order chi connectivity index (χ0) is 14.2. The average molecular weight is 280 g/mol. The fourth-order valence-electron chi connectivity index (χ4n) is 4.04. The summed E-state index contributed by atoms with van der Waals surface area (Å²) in [5, 5.41) is 0. The van der Waals surface area contributed by atoms with Crippen LogP contribution in [-0.2, 0) is 9.53 Å². The molecule has 0 unspecified atom stereocenters. The quantitative estimate of drug-likeness (QED) is 0.478. The summed E-state index contributed by atoms with van der Waals surface area (Å²) in [6.07, 6.45) is 15.4. The summed E-state index contributed by atoms with van der Waals surface area (Å²) in [6.45, 7) is 2.76. The van der Waals surface area contributed by atoms with E-state index in [1.165, 1.54) is 57.8 Å². The molecule has 0 radical (unpaired) electrons. The number of ether oxygens (including phenoxy) is 1. The van der Waals surface area contributed by atoms with E-state index in [1.54, 1.807) is 0 Å². The van der Waals surface area contributed by atoms with Crippen LogP contribution >= 0.6 is 0 Å². The largest absolute Gasteiger partial charge is 0.465 e. The lowest BCUT2D eigenvalue weighted by Crippen LogP contribution is -2.22. The fourth-order valence-corrected chi connectivity index (χ4v) is 4.04. The van der Waals surface area contributed by atoms with Gasteiger partial charge in [-0.2, -0.15) is 0 Å². The van der Waals surface area contributed by atoms with Crippen molar-refractivity contribution in [3.05, 3.63) is 0 Å². The molecule has 0 aromatic heterocycles. The molecule has 2 aliphatic rings. The van der Waals surface area contributed by atoms with Crippen LogP contribution in [0, 0.1) is 17.8 Å². The van der Waals surface area contributed by atoms with Crippen LogP contribution in [-0.4, -0.2) is 12.6 Å². The Bertz CT molecular complexity index is 281. The van der Waals surface area contributed by atoms with Gasteiger partial charge < -0.3 is 4.74 Å². The monoisotopic (exact) mass is 280 g/mol. The Labute approximate surface area is 124 Å². The topological polar surface area (TPSA) is 26.3 Å². The Morgan fingerprint density at radius 1 is 1.00 bits per heavy atom. The summed E-state index contributed by atoms with van der Waals surface area (Å²) >= 11 is 0. The van der Waals surface area contributed by atoms with Gasteiger partial charge in [-0.3, -0.25) is 4.79 Å². The summed E-state index contributed by atoms with van der Waals surface area (Å²) in [4.78, 5) is 12.2. The lowest BCUT2D eigenvalue weighted by atomic mass is 9.82. The van der Waals surface area contributed by atoms with Crippen LogP contribution in [0.2, 0.25) is 0 Å². The molecule has 2 nitrogen and oxygen atoms in total. The Kier molecular flexibility index (Phi) is 6.89. The summed E-state index contributed by atoms with van der Waals surface area (Å²) in [7, 11) is 0. The fraction of sp³-hybridized carbons (Fsp3) is 0.944. The van der Waals surface area contributed by atoms with Gasteiger partial charge in [0.1, 0.15) is 0 Å². The number of unbranched alkanes of at least 4 members (excludes halogenated alkanes) is 1. The molecule has 2 atom stereocenters. The maximum Gasteiger partial charge on any atom is 0.309 e. The van der Waals surface area contributed by atoms with Gasteiger partial charge in [-0.15, -0.1) is 0 Å². The molecular formula is C18H32O2. The molecule has 2 heteroatoms. The molecule has 2 aliphatic carbocycles. The highest BCUT2D eigenvalue weighted by Gasteiger charge is 2.34. The molecule has 0 bridgehead atoms. The molecule has 0 aromatic rings. The van der Waals surface area contributed by atoms with Crippen LogP contribution < -0.4 is 0 Å². The SMILES string of the molecule is CCCCOC(=O)[C@@H]1CCC[C@@H]1CCC1CCCCC1. The van der Waals surface area contributed by atoms with Crippen LogP contribution in [0.1, 0.15) is 84.0 Å². The van der Waals surface area contributed by atoms with E-state index < -0.39 is 0 Å². The zero-order valence-electron chi connectivity index (χ0n) is 13.2. The third-order valence-electron chi connectivity index (χ3n) is 5.37. The molecular weight excluding hydrogens is 248 g/mol. The molecule has 0 N–H and O–H groups in total. The van der Waals surface area contributed by atoms with Gasteiger partial charge in [-0.05, 0) is 37.5 Å². The smallest absolute Gasteiger partial charge is 0.309 e. The van der Waals surface area contributed by atoms with E-state index in [0.717, 1.165) is 25.2 Å². The third-order valence-corrected chi connectivity index (χ3v) is 5.37. The van der Waals surface area contributed by atoms with Crippen molar-refractivity contribution in [3.63, 3.8) is 0 Å². The highest BCUT2D eigenvalue weighted by molar-refractivity contribution is 5.73. The Morgan fingerprint density at radius 2 is 1.80 bits per heavy atom.